The lowest BCUT2D eigenvalue weighted by atomic mass is 9.86. The van der Waals surface area contributed by atoms with Crippen LogP contribution in [0.3, 0.4) is 0 Å². The zero-order chi connectivity index (χ0) is 29.3. The third-order valence-corrected chi connectivity index (χ3v) is 8.36. The van der Waals surface area contributed by atoms with E-state index in [1.807, 2.05) is 65.3 Å². The van der Waals surface area contributed by atoms with Crippen molar-refractivity contribution in [3.63, 3.8) is 0 Å². The number of aliphatic imine (C=N–C) groups is 1. The second-order valence-corrected chi connectivity index (χ2v) is 12.7. The molecule has 0 spiro atoms. The minimum absolute atomic E-state index is 0.0596. The number of amides is 2. The van der Waals surface area contributed by atoms with Gasteiger partial charge in [-0.25, -0.2) is 4.79 Å². The molecular formula is C33H38Cl2N4O2. The fourth-order valence-corrected chi connectivity index (χ4v) is 5.71. The van der Waals surface area contributed by atoms with Crippen LogP contribution in [0.2, 0.25) is 10.0 Å². The first-order valence-corrected chi connectivity index (χ1v) is 15.0. The predicted octanol–water partition coefficient (Wildman–Crippen LogP) is 7.60. The average Bonchev–Trinajstić information content (AvgIpc) is 3.34. The molecule has 3 aromatic carbocycles. The topological polar surface area (TPSA) is 48.4 Å². The summed E-state index contributed by atoms with van der Waals surface area (Å²) in [6.07, 6.45) is 0. The summed E-state index contributed by atoms with van der Waals surface area (Å²) in [5, 5.41) is 1.30. The average molecular weight is 594 g/mol. The van der Waals surface area contributed by atoms with Crippen LogP contribution < -0.4 is 4.74 Å². The van der Waals surface area contributed by atoms with E-state index < -0.39 is 0 Å². The first-order chi connectivity index (χ1) is 19.6. The molecule has 0 radical (unpaired) electrons. The highest BCUT2D eigenvalue weighted by Crippen LogP contribution is 2.46. The van der Waals surface area contributed by atoms with E-state index in [0.717, 1.165) is 41.1 Å². The summed E-state index contributed by atoms with van der Waals surface area (Å²) in [5.41, 5.74) is 3.83. The molecule has 2 aliphatic rings. The summed E-state index contributed by atoms with van der Waals surface area (Å²) in [6, 6.07) is 20.9. The Morgan fingerprint density at radius 3 is 2.05 bits per heavy atom. The van der Waals surface area contributed by atoms with Crippen molar-refractivity contribution < 1.29 is 9.53 Å². The lowest BCUT2D eigenvalue weighted by Gasteiger charge is -2.38. The molecule has 0 bridgehead atoms. The van der Waals surface area contributed by atoms with Gasteiger partial charge in [0.05, 0.1) is 18.2 Å². The Balaban J connectivity index is 1.70. The van der Waals surface area contributed by atoms with Gasteiger partial charge in [0.25, 0.3) is 0 Å². The molecule has 6 nitrogen and oxygen atoms in total. The Morgan fingerprint density at radius 2 is 1.49 bits per heavy atom. The van der Waals surface area contributed by atoms with Crippen molar-refractivity contribution in [1.29, 1.82) is 0 Å². The van der Waals surface area contributed by atoms with Crippen LogP contribution in [-0.4, -0.2) is 66.4 Å². The number of carbonyl (C=O) groups is 1. The first kappa shape index (κ1) is 29.4. The molecule has 1 saturated heterocycles. The number of likely N-dealkylation sites (N-methyl/N-ethyl adjacent to an activating group) is 1. The number of hydrogen-bond donors (Lipinski definition) is 0. The number of urea groups is 1. The summed E-state index contributed by atoms with van der Waals surface area (Å²) in [7, 11) is 2.09. The summed E-state index contributed by atoms with van der Waals surface area (Å²) in [4.78, 5) is 25.9. The number of ether oxygens (including phenoxy) is 1. The van der Waals surface area contributed by atoms with Crippen molar-refractivity contribution in [2.45, 2.75) is 45.2 Å². The highest BCUT2D eigenvalue weighted by Gasteiger charge is 2.45. The maximum Gasteiger partial charge on any atom is 0.326 e. The van der Waals surface area contributed by atoms with Gasteiger partial charge in [-0.3, -0.25) is 9.89 Å². The van der Waals surface area contributed by atoms with Crippen LogP contribution in [0.1, 0.15) is 62.0 Å². The van der Waals surface area contributed by atoms with E-state index in [-0.39, 0.29) is 23.5 Å². The van der Waals surface area contributed by atoms with Gasteiger partial charge in [0.2, 0.25) is 0 Å². The van der Waals surface area contributed by atoms with Crippen molar-refractivity contribution in [2.24, 2.45) is 4.99 Å². The molecule has 0 N–H and O–H groups in total. The summed E-state index contributed by atoms with van der Waals surface area (Å²) < 4.78 is 6.21. The van der Waals surface area contributed by atoms with Crippen molar-refractivity contribution in [2.75, 3.05) is 39.8 Å². The Kier molecular flexibility index (Phi) is 8.65. The molecule has 2 amide bonds. The van der Waals surface area contributed by atoms with Crippen LogP contribution >= 0.6 is 23.2 Å². The lowest BCUT2D eigenvalue weighted by Crippen LogP contribution is -2.53. The van der Waals surface area contributed by atoms with Gasteiger partial charge in [-0.05, 0) is 72.5 Å². The molecule has 0 saturated carbocycles. The smallest absolute Gasteiger partial charge is 0.326 e. The molecule has 2 heterocycles. The van der Waals surface area contributed by atoms with Crippen LogP contribution in [0.15, 0.2) is 71.7 Å². The monoisotopic (exact) mass is 592 g/mol. The number of rotatable bonds is 5. The van der Waals surface area contributed by atoms with E-state index in [0.29, 0.717) is 35.6 Å². The molecule has 216 valence electrons. The molecule has 41 heavy (non-hydrogen) atoms. The fraction of sp³-hybridized carbons (Fsp3) is 0.394. The fourth-order valence-electron chi connectivity index (χ4n) is 5.45. The Hall–Kier alpha value is -3.06. The van der Waals surface area contributed by atoms with E-state index >= 15 is 0 Å². The SMILES string of the molecule is CCOc1cc(C(C)(C)C)ccc1C1=N[C@@H](c2ccc(Cl)cc2)[C@@H](c2ccc(Cl)cc2)N1C(=O)N1CCN(C)CC1. The van der Waals surface area contributed by atoms with Gasteiger partial charge in [-0.2, -0.15) is 0 Å². The van der Waals surface area contributed by atoms with E-state index in [9.17, 15) is 4.79 Å². The van der Waals surface area contributed by atoms with Gasteiger partial charge in [-0.1, -0.05) is 74.3 Å². The van der Waals surface area contributed by atoms with Crippen LogP contribution in [0, 0.1) is 0 Å². The Bertz CT molecular complexity index is 1410. The van der Waals surface area contributed by atoms with Gasteiger partial charge in [0.1, 0.15) is 17.6 Å². The molecule has 5 rings (SSSR count). The minimum Gasteiger partial charge on any atom is -0.493 e. The van der Waals surface area contributed by atoms with Crippen molar-refractivity contribution in [3.8, 4) is 5.75 Å². The third kappa shape index (κ3) is 6.25. The number of halogens is 2. The van der Waals surface area contributed by atoms with E-state index in [2.05, 4.69) is 50.9 Å². The van der Waals surface area contributed by atoms with Crippen LogP contribution in [0.25, 0.3) is 0 Å². The van der Waals surface area contributed by atoms with E-state index in [4.69, 9.17) is 32.9 Å². The van der Waals surface area contributed by atoms with E-state index in [1.165, 1.54) is 0 Å². The van der Waals surface area contributed by atoms with Crippen LogP contribution in [0.4, 0.5) is 4.79 Å². The van der Waals surface area contributed by atoms with Gasteiger partial charge in [0, 0.05) is 36.2 Å². The molecule has 0 unspecified atom stereocenters. The molecule has 0 aliphatic carbocycles. The molecule has 8 heteroatoms. The zero-order valence-corrected chi connectivity index (χ0v) is 25.9. The van der Waals surface area contributed by atoms with Crippen LogP contribution in [-0.2, 0) is 5.41 Å². The Labute approximate surface area is 253 Å². The molecule has 1 fully saturated rings. The van der Waals surface area contributed by atoms with Gasteiger partial charge >= 0.3 is 6.03 Å². The molecule has 3 aromatic rings. The number of hydrogen-bond acceptors (Lipinski definition) is 4. The van der Waals surface area contributed by atoms with Gasteiger partial charge < -0.3 is 14.5 Å². The molecule has 2 aliphatic heterocycles. The van der Waals surface area contributed by atoms with Crippen molar-refractivity contribution in [3.05, 3.63) is 99.0 Å². The van der Waals surface area contributed by atoms with Crippen molar-refractivity contribution >= 4 is 35.1 Å². The standard InChI is InChI=1S/C33H38Cl2N4O2/c1-6-41-28-21-24(33(2,3)4)11-16-27(28)31-36-29(22-7-12-25(34)13-8-22)30(23-9-14-26(35)15-10-23)39(31)32(40)38-19-17-37(5)18-20-38/h7-16,21,29-30H,6,17-20H2,1-5H3/t29-,30+/m0/s1. The quantitative estimate of drug-likeness (QED) is 0.306. The summed E-state index contributed by atoms with van der Waals surface area (Å²) in [5.74, 6) is 1.33. The van der Waals surface area contributed by atoms with E-state index in [1.54, 1.807) is 0 Å². The lowest BCUT2D eigenvalue weighted by molar-refractivity contribution is 0.130. The predicted molar refractivity (Wildman–Crippen MR) is 168 cm³/mol. The molecule has 2 atom stereocenters. The van der Waals surface area contributed by atoms with Gasteiger partial charge in [-0.15, -0.1) is 0 Å². The minimum atomic E-state index is -0.382. The molecule has 0 aromatic heterocycles. The number of nitrogens with zero attached hydrogens (tertiary/aromatic N) is 4. The first-order valence-electron chi connectivity index (χ1n) is 14.2. The maximum atomic E-state index is 14.5. The number of carbonyl (C=O) groups excluding carboxylic acids is 1. The maximum absolute atomic E-state index is 14.5. The third-order valence-electron chi connectivity index (χ3n) is 7.86. The zero-order valence-electron chi connectivity index (χ0n) is 24.4. The molecular weight excluding hydrogens is 555 g/mol. The number of amidine groups is 1. The highest BCUT2D eigenvalue weighted by atomic mass is 35.5. The second kappa shape index (κ2) is 12.0. The number of piperazine rings is 1. The van der Waals surface area contributed by atoms with Gasteiger partial charge in [0.15, 0.2) is 0 Å². The largest absolute Gasteiger partial charge is 0.493 e. The highest BCUT2D eigenvalue weighted by molar-refractivity contribution is 6.30. The van der Waals surface area contributed by atoms with Crippen molar-refractivity contribution in [1.82, 2.24) is 14.7 Å². The van der Waals surface area contributed by atoms with Crippen LogP contribution in [0.5, 0.6) is 5.75 Å². The number of benzene rings is 3. The summed E-state index contributed by atoms with van der Waals surface area (Å²) in [6.45, 7) is 12.0. The second-order valence-electron chi connectivity index (χ2n) is 11.8. The summed E-state index contributed by atoms with van der Waals surface area (Å²) >= 11 is 12.6. The normalized spacial score (nSPS) is 19.8. The Morgan fingerprint density at radius 1 is 0.902 bits per heavy atom.